The molecule has 0 fully saturated rings. The first kappa shape index (κ1) is 23.8. The third-order valence-corrected chi connectivity index (χ3v) is 5.57. The van der Waals surface area contributed by atoms with Gasteiger partial charge >= 0.3 is 6.18 Å². The standard InChI is InChI=1S/C19H12BrCl2F3N4O4/c20-11-1-8(19(23,24)25)4-29-5-14(26-17(11)29)18-27-16(28-33-18)10-2-13(22)15(3-12(10)21)32-7-9(31)6-30/h1-5,9,30-31H,6-7H2. The summed E-state index contributed by atoms with van der Waals surface area (Å²) in [5.74, 6) is 0.186. The van der Waals surface area contributed by atoms with Crippen LogP contribution in [-0.4, -0.2) is 49.1 Å². The molecule has 0 aliphatic rings. The fourth-order valence-corrected chi connectivity index (χ4v) is 3.80. The van der Waals surface area contributed by atoms with Crippen molar-refractivity contribution in [3.05, 3.63) is 50.7 Å². The van der Waals surface area contributed by atoms with Gasteiger partial charge in [-0.1, -0.05) is 28.4 Å². The Morgan fingerprint density at radius 2 is 1.91 bits per heavy atom. The highest BCUT2D eigenvalue weighted by Gasteiger charge is 2.32. The molecule has 1 aromatic carbocycles. The summed E-state index contributed by atoms with van der Waals surface area (Å²) in [4.78, 5) is 8.46. The first-order valence-electron chi connectivity index (χ1n) is 9.07. The molecule has 3 heterocycles. The van der Waals surface area contributed by atoms with Crippen LogP contribution in [0.25, 0.3) is 28.6 Å². The summed E-state index contributed by atoms with van der Waals surface area (Å²) in [5.41, 5.74) is -0.178. The number of pyridine rings is 1. The number of ether oxygens (including phenoxy) is 1. The van der Waals surface area contributed by atoms with E-state index in [0.29, 0.717) is 5.56 Å². The number of fused-ring (bicyclic) bond motifs is 1. The van der Waals surface area contributed by atoms with Crippen molar-refractivity contribution in [2.45, 2.75) is 12.3 Å². The Kier molecular flexibility index (Phi) is 6.56. The average Bonchev–Trinajstić information content (AvgIpc) is 3.40. The van der Waals surface area contributed by atoms with E-state index in [1.54, 1.807) is 0 Å². The van der Waals surface area contributed by atoms with Crippen LogP contribution in [0.3, 0.4) is 0 Å². The zero-order valence-corrected chi connectivity index (χ0v) is 19.2. The summed E-state index contributed by atoms with van der Waals surface area (Å²) in [6.07, 6.45) is -3.39. The number of aliphatic hydroxyl groups excluding tert-OH is 2. The van der Waals surface area contributed by atoms with Gasteiger partial charge in [0.2, 0.25) is 5.82 Å². The lowest BCUT2D eigenvalue weighted by atomic mass is 10.2. The second-order valence-corrected chi connectivity index (χ2v) is 8.43. The summed E-state index contributed by atoms with van der Waals surface area (Å²) >= 11 is 15.6. The molecule has 0 amide bonds. The molecule has 8 nitrogen and oxygen atoms in total. The number of halogens is 6. The predicted molar refractivity (Wildman–Crippen MR) is 115 cm³/mol. The van der Waals surface area contributed by atoms with E-state index in [1.165, 1.54) is 22.7 Å². The maximum atomic E-state index is 13.1. The second-order valence-electron chi connectivity index (χ2n) is 6.76. The minimum absolute atomic E-state index is 0.0484. The van der Waals surface area contributed by atoms with E-state index in [0.717, 1.165) is 12.3 Å². The highest BCUT2D eigenvalue weighted by molar-refractivity contribution is 9.10. The van der Waals surface area contributed by atoms with E-state index in [-0.39, 0.29) is 49.9 Å². The van der Waals surface area contributed by atoms with E-state index in [1.807, 2.05) is 0 Å². The fraction of sp³-hybridized carbons (Fsp3) is 0.211. The third-order valence-electron chi connectivity index (χ3n) is 4.38. The van der Waals surface area contributed by atoms with Gasteiger partial charge in [0.1, 0.15) is 24.2 Å². The monoisotopic (exact) mass is 566 g/mol. The molecule has 3 aromatic heterocycles. The summed E-state index contributed by atoms with van der Waals surface area (Å²) in [7, 11) is 0. The van der Waals surface area contributed by atoms with Gasteiger partial charge in [-0.05, 0) is 28.1 Å². The van der Waals surface area contributed by atoms with Gasteiger partial charge in [-0.2, -0.15) is 18.2 Å². The van der Waals surface area contributed by atoms with Gasteiger partial charge < -0.3 is 23.9 Å². The fourth-order valence-electron chi connectivity index (χ4n) is 2.80. The van der Waals surface area contributed by atoms with Crippen LogP contribution < -0.4 is 4.74 Å². The van der Waals surface area contributed by atoms with Gasteiger partial charge in [0, 0.05) is 24.0 Å². The van der Waals surface area contributed by atoms with Crippen molar-refractivity contribution < 1.29 is 32.6 Å². The van der Waals surface area contributed by atoms with Gasteiger partial charge in [-0.15, -0.1) is 0 Å². The van der Waals surface area contributed by atoms with E-state index in [2.05, 4.69) is 31.1 Å². The van der Waals surface area contributed by atoms with Crippen molar-refractivity contribution >= 4 is 44.8 Å². The number of aromatic nitrogens is 4. The van der Waals surface area contributed by atoms with Crippen LogP contribution in [0.4, 0.5) is 13.2 Å². The first-order chi connectivity index (χ1) is 15.6. The van der Waals surface area contributed by atoms with Crippen LogP contribution in [0.5, 0.6) is 5.75 Å². The number of benzene rings is 1. The topological polar surface area (TPSA) is 106 Å². The lowest BCUT2D eigenvalue weighted by Gasteiger charge is -2.12. The maximum Gasteiger partial charge on any atom is 0.417 e. The number of nitrogens with zero attached hydrogens (tertiary/aromatic N) is 4. The zero-order chi connectivity index (χ0) is 23.9. The predicted octanol–water partition coefficient (Wildman–Crippen LogP) is 4.87. The second kappa shape index (κ2) is 9.11. The maximum absolute atomic E-state index is 13.1. The quantitative estimate of drug-likeness (QED) is 0.342. The molecule has 4 aromatic rings. The van der Waals surface area contributed by atoms with E-state index >= 15 is 0 Å². The Balaban J connectivity index is 1.65. The van der Waals surface area contributed by atoms with Crippen LogP contribution in [-0.2, 0) is 6.18 Å². The third kappa shape index (κ3) is 4.94. The Hall–Kier alpha value is -2.38. The van der Waals surface area contributed by atoms with Crippen molar-refractivity contribution in [2.75, 3.05) is 13.2 Å². The Morgan fingerprint density at radius 3 is 2.61 bits per heavy atom. The summed E-state index contributed by atoms with van der Waals surface area (Å²) < 4.78 is 51.1. The number of alkyl halides is 3. The molecular formula is C19H12BrCl2F3N4O4. The Bertz CT molecular complexity index is 1330. The minimum atomic E-state index is -4.53. The molecule has 0 spiro atoms. The number of rotatable bonds is 6. The molecule has 1 atom stereocenters. The molecule has 0 saturated heterocycles. The molecule has 0 saturated carbocycles. The summed E-state index contributed by atoms with van der Waals surface area (Å²) in [5, 5.41) is 22.4. The van der Waals surface area contributed by atoms with Gasteiger partial charge in [0.25, 0.3) is 5.89 Å². The van der Waals surface area contributed by atoms with Crippen molar-refractivity contribution in [2.24, 2.45) is 0 Å². The number of hydrogen-bond donors (Lipinski definition) is 2. The normalized spacial score (nSPS) is 13.0. The van der Waals surface area contributed by atoms with Crippen molar-refractivity contribution in [3.8, 4) is 28.7 Å². The minimum Gasteiger partial charge on any atom is -0.489 e. The highest BCUT2D eigenvalue weighted by Crippen LogP contribution is 2.37. The van der Waals surface area contributed by atoms with Gasteiger partial charge in [0.05, 0.1) is 26.7 Å². The summed E-state index contributed by atoms with van der Waals surface area (Å²) in [6.45, 7) is -0.677. The van der Waals surface area contributed by atoms with Crippen LogP contribution in [0, 0.1) is 0 Å². The Labute approximate surface area is 201 Å². The zero-order valence-electron chi connectivity index (χ0n) is 16.1. The SMILES string of the molecule is OCC(O)COc1cc(Cl)c(-c2noc(-c3cn4cc(C(F)(F)F)cc(Br)c4n3)n2)cc1Cl. The van der Waals surface area contributed by atoms with Crippen molar-refractivity contribution in [3.63, 3.8) is 0 Å². The summed E-state index contributed by atoms with van der Waals surface area (Å²) in [6, 6.07) is 3.74. The molecule has 4 rings (SSSR count). The smallest absolute Gasteiger partial charge is 0.417 e. The van der Waals surface area contributed by atoms with E-state index in [4.69, 9.17) is 37.6 Å². The molecule has 1 unspecified atom stereocenters. The van der Waals surface area contributed by atoms with Gasteiger partial charge in [-0.25, -0.2) is 4.98 Å². The molecule has 0 bridgehead atoms. The number of aliphatic hydroxyl groups is 2. The van der Waals surface area contributed by atoms with Crippen molar-refractivity contribution in [1.82, 2.24) is 19.5 Å². The molecular weight excluding hydrogens is 556 g/mol. The van der Waals surface area contributed by atoms with Crippen molar-refractivity contribution in [1.29, 1.82) is 0 Å². The molecule has 0 aliphatic carbocycles. The largest absolute Gasteiger partial charge is 0.489 e. The average molecular weight is 568 g/mol. The molecule has 174 valence electrons. The molecule has 2 N–H and O–H groups in total. The number of hydrogen-bond acceptors (Lipinski definition) is 7. The van der Waals surface area contributed by atoms with Crippen LogP contribution in [0.2, 0.25) is 10.0 Å². The van der Waals surface area contributed by atoms with Crippen LogP contribution >= 0.6 is 39.1 Å². The van der Waals surface area contributed by atoms with Crippen LogP contribution in [0.1, 0.15) is 5.56 Å². The molecule has 0 aliphatic heterocycles. The Morgan fingerprint density at radius 1 is 1.15 bits per heavy atom. The lowest BCUT2D eigenvalue weighted by Crippen LogP contribution is -2.21. The molecule has 14 heteroatoms. The van der Waals surface area contributed by atoms with E-state index in [9.17, 15) is 18.3 Å². The van der Waals surface area contributed by atoms with Gasteiger partial charge in [-0.3, -0.25) is 0 Å². The van der Waals surface area contributed by atoms with Crippen LogP contribution in [0.15, 0.2) is 39.6 Å². The number of imidazole rings is 1. The highest BCUT2D eigenvalue weighted by atomic mass is 79.9. The molecule has 0 radical (unpaired) electrons. The van der Waals surface area contributed by atoms with E-state index < -0.39 is 24.5 Å². The van der Waals surface area contributed by atoms with Gasteiger partial charge in [0.15, 0.2) is 5.65 Å². The lowest BCUT2D eigenvalue weighted by molar-refractivity contribution is -0.137. The first-order valence-corrected chi connectivity index (χ1v) is 10.6. The molecule has 33 heavy (non-hydrogen) atoms.